The van der Waals surface area contributed by atoms with Crippen molar-refractivity contribution in [2.45, 2.75) is 12.7 Å². The number of carbonyl (C=O) groups is 1. The van der Waals surface area contributed by atoms with Gasteiger partial charge in [0.1, 0.15) is 6.29 Å². The van der Waals surface area contributed by atoms with Crippen LogP contribution in [-0.4, -0.2) is 25.8 Å². The molecule has 0 aromatic carbocycles. The molecule has 10 heavy (non-hydrogen) atoms. The van der Waals surface area contributed by atoms with Crippen molar-refractivity contribution in [3.05, 3.63) is 12.2 Å². The largest absolute Gasteiger partial charge is 0.350 e. The van der Waals surface area contributed by atoms with Gasteiger partial charge in [-0.1, -0.05) is 6.08 Å². The molecule has 1 rings (SSSR count). The van der Waals surface area contributed by atoms with Crippen LogP contribution in [-0.2, 0) is 14.3 Å². The fourth-order valence-electron chi connectivity index (χ4n) is 0.789. The molecule has 56 valence electrons. The van der Waals surface area contributed by atoms with Gasteiger partial charge in [-0.15, -0.1) is 0 Å². The predicted octanol–water partition coefficient (Wildman–Crippen LogP) is 0.504. The summed E-state index contributed by atoms with van der Waals surface area (Å²) in [6.07, 6.45) is 4.47. The van der Waals surface area contributed by atoms with Crippen molar-refractivity contribution >= 4 is 6.29 Å². The van der Waals surface area contributed by atoms with E-state index in [4.69, 9.17) is 9.47 Å². The molecule has 0 aliphatic carbocycles. The van der Waals surface area contributed by atoms with E-state index >= 15 is 0 Å². The first-order valence-electron chi connectivity index (χ1n) is 3.27. The van der Waals surface area contributed by atoms with Gasteiger partial charge in [-0.05, 0) is 6.08 Å². The minimum Gasteiger partial charge on any atom is -0.350 e. The molecule has 0 bridgehead atoms. The van der Waals surface area contributed by atoms with Crippen LogP contribution in [0.5, 0.6) is 0 Å². The first-order chi connectivity index (χ1) is 4.93. The Kier molecular flexibility index (Phi) is 3.12. The molecule has 1 heterocycles. The molecule has 3 nitrogen and oxygen atoms in total. The van der Waals surface area contributed by atoms with Crippen molar-refractivity contribution in [1.82, 2.24) is 0 Å². The highest BCUT2D eigenvalue weighted by Crippen LogP contribution is 2.07. The molecule has 0 radical (unpaired) electrons. The van der Waals surface area contributed by atoms with Crippen LogP contribution < -0.4 is 0 Å². The first kappa shape index (κ1) is 7.44. The maximum absolute atomic E-state index is 9.81. The number of ether oxygens (including phenoxy) is 2. The van der Waals surface area contributed by atoms with E-state index in [0.29, 0.717) is 19.6 Å². The Balaban J connectivity index is 2.12. The molecule has 0 saturated carbocycles. The first-order valence-corrected chi connectivity index (χ1v) is 3.27. The van der Waals surface area contributed by atoms with Crippen LogP contribution in [0.25, 0.3) is 0 Å². The lowest BCUT2D eigenvalue weighted by atomic mass is 10.4. The second-order valence-corrected chi connectivity index (χ2v) is 1.97. The summed E-state index contributed by atoms with van der Waals surface area (Å²) >= 11 is 0. The van der Waals surface area contributed by atoms with Gasteiger partial charge in [0.05, 0.1) is 13.2 Å². The molecule has 1 aliphatic heterocycles. The zero-order valence-corrected chi connectivity index (χ0v) is 5.66. The van der Waals surface area contributed by atoms with E-state index in [-0.39, 0.29) is 6.29 Å². The predicted molar refractivity (Wildman–Crippen MR) is 35.5 cm³/mol. The van der Waals surface area contributed by atoms with Crippen molar-refractivity contribution in [1.29, 1.82) is 0 Å². The van der Waals surface area contributed by atoms with Gasteiger partial charge >= 0.3 is 0 Å². The fraction of sp³-hybridized carbons (Fsp3) is 0.571. The van der Waals surface area contributed by atoms with Crippen LogP contribution in [0.3, 0.4) is 0 Å². The SMILES string of the molecule is O=C/C=C/CC1OCCO1. The number of hydrogen-bond acceptors (Lipinski definition) is 3. The van der Waals surface area contributed by atoms with Crippen molar-refractivity contribution in [2.75, 3.05) is 13.2 Å². The van der Waals surface area contributed by atoms with Gasteiger partial charge in [-0.25, -0.2) is 0 Å². The zero-order valence-electron chi connectivity index (χ0n) is 5.66. The van der Waals surface area contributed by atoms with Gasteiger partial charge < -0.3 is 9.47 Å². The van der Waals surface area contributed by atoms with Gasteiger partial charge in [0.2, 0.25) is 0 Å². The van der Waals surface area contributed by atoms with Gasteiger partial charge in [0, 0.05) is 6.42 Å². The average Bonchev–Trinajstić information content (AvgIpc) is 2.41. The lowest BCUT2D eigenvalue weighted by Crippen LogP contribution is -2.04. The van der Waals surface area contributed by atoms with Crippen molar-refractivity contribution in [2.24, 2.45) is 0 Å². The number of hydrogen-bond donors (Lipinski definition) is 0. The Bertz CT molecular complexity index is 125. The van der Waals surface area contributed by atoms with Crippen LogP contribution in [0.4, 0.5) is 0 Å². The highest BCUT2D eigenvalue weighted by molar-refractivity contribution is 5.64. The maximum Gasteiger partial charge on any atom is 0.161 e. The van der Waals surface area contributed by atoms with Crippen LogP contribution >= 0.6 is 0 Å². The Morgan fingerprint density at radius 3 is 2.70 bits per heavy atom. The third-order valence-electron chi connectivity index (χ3n) is 1.23. The number of allylic oxidation sites excluding steroid dienone is 1. The molecule has 0 spiro atoms. The lowest BCUT2D eigenvalue weighted by Gasteiger charge is -2.02. The number of carbonyl (C=O) groups excluding carboxylic acids is 1. The lowest BCUT2D eigenvalue weighted by molar-refractivity contribution is -0.104. The monoisotopic (exact) mass is 142 g/mol. The minimum absolute atomic E-state index is 0.129. The molecule has 1 fully saturated rings. The summed E-state index contributed by atoms with van der Waals surface area (Å²) in [5.41, 5.74) is 0. The Hall–Kier alpha value is -0.670. The molecule has 0 atom stereocenters. The maximum atomic E-state index is 9.81. The second kappa shape index (κ2) is 4.19. The summed E-state index contributed by atoms with van der Waals surface area (Å²) in [4.78, 5) is 9.81. The molecule has 3 heteroatoms. The highest BCUT2D eigenvalue weighted by Gasteiger charge is 2.12. The molecule has 0 N–H and O–H groups in total. The summed E-state index contributed by atoms with van der Waals surface area (Å²) in [7, 11) is 0. The van der Waals surface area contributed by atoms with E-state index in [1.807, 2.05) is 0 Å². The van der Waals surface area contributed by atoms with Gasteiger partial charge in [-0.3, -0.25) is 4.79 Å². The third-order valence-corrected chi connectivity index (χ3v) is 1.23. The smallest absolute Gasteiger partial charge is 0.161 e. The molecular formula is C7H10O3. The van der Waals surface area contributed by atoms with Crippen molar-refractivity contribution in [3.8, 4) is 0 Å². The summed E-state index contributed by atoms with van der Waals surface area (Å²) < 4.78 is 10.2. The minimum atomic E-state index is -0.129. The van der Waals surface area contributed by atoms with E-state index in [2.05, 4.69) is 0 Å². The quantitative estimate of drug-likeness (QED) is 0.425. The van der Waals surface area contributed by atoms with Crippen LogP contribution in [0, 0.1) is 0 Å². The van der Waals surface area contributed by atoms with Gasteiger partial charge in [0.25, 0.3) is 0 Å². The average molecular weight is 142 g/mol. The van der Waals surface area contributed by atoms with Crippen LogP contribution in [0.15, 0.2) is 12.2 Å². The van der Waals surface area contributed by atoms with E-state index < -0.39 is 0 Å². The van der Waals surface area contributed by atoms with Crippen molar-refractivity contribution < 1.29 is 14.3 Å². The van der Waals surface area contributed by atoms with Crippen molar-refractivity contribution in [3.63, 3.8) is 0 Å². The Labute approximate surface area is 59.6 Å². The van der Waals surface area contributed by atoms with Crippen LogP contribution in [0.2, 0.25) is 0 Å². The van der Waals surface area contributed by atoms with Gasteiger partial charge in [0.15, 0.2) is 6.29 Å². The zero-order chi connectivity index (χ0) is 7.23. The van der Waals surface area contributed by atoms with E-state index in [1.165, 1.54) is 6.08 Å². The molecule has 1 aliphatic rings. The molecule has 0 aromatic heterocycles. The van der Waals surface area contributed by atoms with E-state index in [9.17, 15) is 4.79 Å². The number of aldehydes is 1. The van der Waals surface area contributed by atoms with Crippen LogP contribution in [0.1, 0.15) is 6.42 Å². The normalized spacial score (nSPS) is 20.4. The summed E-state index contributed by atoms with van der Waals surface area (Å²) in [6, 6.07) is 0. The summed E-state index contributed by atoms with van der Waals surface area (Å²) in [6.45, 7) is 1.33. The Morgan fingerprint density at radius 2 is 2.10 bits per heavy atom. The molecule has 0 amide bonds. The van der Waals surface area contributed by atoms with E-state index in [1.54, 1.807) is 6.08 Å². The number of rotatable bonds is 3. The molecular weight excluding hydrogens is 132 g/mol. The standard InChI is InChI=1S/C7H10O3/c8-4-2-1-3-7-9-5-6-10-7/h1-2,4,7H,3,5-6H2/b2-1+. The van der Waals surface area contributed by atoms with E-state index in [0.717, 1.165) is 6.29 Å². The summed E-state index contributed by atoms with van der Waals surface area (Å²) in [5.74, 6) is 0. The topological polar surface area (TPSA) is 35.5 Å². The summed E-state index contributed by atoms with van der Waals surface area (Å²) in [5, 5.41) is 0. The second-order valence-electron chi connectivity index (χ2n) is 1.97. The molecule has 0 aromatic rings. The molecule has 0 unspecified atom stereocenters. The third kappa shape index (κ3) is 2.29. The molecule has 1 saturated heterocycles. The fourth-order valence-corrected chi connectivity index (χ4v) is 0.789. The highest BCUT2D eigenvalue weighted by atomic mass is 16.7. The van der Waals surface area contributed by atoms with Gasteiger partial charge in [-0.2, -0.15) is 0 Å². The Morgan fingerprint density at radius 1 is 1.40 bits per heavy atom.